The molecule has 6 nitrogen and oxygen atoms in total. The molecule has 0 spiro atoms. The van der Waals surface area contributed by atoms with Crippen LogP contribution in [0.1, 0.15) is 65.2 Å². The van der Waals surface area contributed by atoms with Crippen LogP contribution in [0.2, 0.25) is 0 Å². The van der Waals surface area contributed by atoms with Crippen molar-refractivity contribution in [1.29, 1.82) is 0 Å². The molecule has 0 amide bonds. The first-order valence-corrected chi connectivity index (χ1v) is 7.22. The minimum absolute atomic E-state index is 0. The van der Waals surface area contributed by atoms with Gasteiger partial charge in [-0.3, -0.25) is 0 Å². The van der Waals surface area contributed by atoms with Gasteiger partial charge in [-0.05, 0) is 12.8 Å². The van der Waals surface area contributed by atoms with Gasteiger partial charge in [0.1, 0.15) is 0 Å². The van der Waals surface area contributed by atoms with Gasteiger partial charge >= 0.3 is 23.1 Å². The van der Waals surface area contributed by atoms with E-state index in [0.29, 0.717) is 0 Å². The molecule has 0 saturated carbocycles. The Morgan fingerprint density at radius 3 is 1.29 bits per heavy atom. The van der Waals surface area contributed by atoms with Crippen LogP contribution in [-0.2, 0) is 9.47 Å². The fraction of sp³-hybridized carbons (Fsp3) is 0.857. The largest absolute Gasteiger partial charge is 2.00 e. The van der Waals surface area contributed by atoms with Crippen LogP contribution in [0.5, 0.6) is 0 Å². The first-order chi connectivity index (χ1) is 9.54. The summed E-state index contributed by atoms with van der Waals surface area (Å²) in [6.45, 7) is 4.75. The molecule has 120 valence electrons. The summed E-state index contributed by atoms with van der Waals surface area (Å²) >= 11 is 0. The van der Waals surface area contributed by atoms with E-state index in [1.54, 1.807) is 0 Å². The molecule has 0 aromatic rings. The Kier molecular flexibility index (Phi) is 26.0. The fourth-order valence-corrected chi connectivity index (χ4v) is 1.37. The molecule has 0 N–H and O–H groups in total. The standard InChI is InChI=1S/2C7H14O3.Mg/c2*1-2-3-4-5-6-10-7(8)9;/h2*2-6H2,1H3,(H,8,9);/q;;+2/p-2. The van der Waals surface area contributed by atoms with Gasteiger partial charge in [0, 0.05) is 13.2 Å². The van der Waals surface area contributed by atoms with Gasteiger partial charge in [0.25, 0.3) is 12.3 Å². The van der Waals surface area contributed by atoms with E-state index in [1.165, 1.54) is 0 Å². The Morgan fingerprint density at radius 1 is 0.714 bits per heavy atom. The van der Waals surface area contributed by atoms with E-state index in [2.05, 4.69) is 23.3 Å². The van der Waals surface area contributed by atoms with Crippen LogP contribution in [0.15, 0.2) is 0 Å². The number of carboxylic acid groups (broad SMARTS) is 2. The molecule has 0 saturated heterocycles. The van der Waals surface area contributed by atoms with Gasteiger partial charge in [-0.2, -0.15) is 0 Å². The van der Waals surface area contributed by atoms with Crippen molar-refractivity contribution in [3.8, 4) is 0 Å². The van der Waals surface area contributed by atoms with Gasteiger partial charge < -0.3 is 29.3 Å². The van der Waals surface area contributed by atoms with E-state index in [9.17, 15) is 19.8 Å². The Bertz CT molecular complexity index is 212. The average Bonchev–Trinajstić information content (AvgIpc) is 2.38. The molecule has 0 aromatic carbocycles. The summed E-state index contributed by atoms with van der Waals surface area (Å²) < 4.78 is 8.39. The van der Waals surface area contributed by atoms with Crippen molar-refractivity contribution < 1.29 is 29.3 Å². The molecule has 7 heteroatoms. The third-order valence-electron chi connectivity index (χ3n) is 2.44. The smallest absolute Gasteiger partial charge is 0.550 e. The molecule has 0 aromatic heterocycles. The Hall–Kier alpha value is -0.694. The number of hydrogen-bond donors (Lipinski definition) is 0. The van der Waals surface area contributed by atoms with Crippen LogP contribution in [0, 0.1) is 0 Å². The van der Waals surface area contributed by atoms with E-state index in [-0.39, 0.29) is 36.3 Å². The first kappa shape index (κ1) is 25.3. The normalized spacial score (nSPS) is 8.86. The van der Waals surface area contributed by atoms with E-state index in [0.717, 1.165) is 51.4 Å². The number of carbonyl (C=O) groups excluding carboxylic acids is 2. The van der Waals surface area contributed by atoms with Gasteiger partial charge in [-0.25, -0.2) is 0 Å². The second kappa shape index (κ2) is 21.6. The van der Waals surface area contributed by atoms with Crippen molar-refractivity contribution in [2.75, 3.05) is 13.2 Å². The average molecular weight is 315 g/mol. The van der Waals surface area contributed by atoms with Crippen LogP contribution >= 0.6 is 0 Å². The molecule has 0 radical (unpaired) electrons. The van der Waals surface area contributed by atoms with Gasteiger partial charge in [-0.1, -0.05) is 52.4 Å². The Labute approximate surface area is 143 Å². The zero-order valence-corrected chi connectivity index (χ0v) is 14.6. The number of carbonyl (C=O) groups is 2. The maximum atomic E-state index is 9.70. The molecule has 21 heavy (non-hydrogen) atoms. The molecule has 0 aliphatic rings. The SMILES string of the molecule is CCCCCCOC(=O)[O-].CCCCCCOC(=O)[O-].[Mg+2]. The molecule has 0 fully saturated rings. The summed E-state index contributed by atoms with van der Waals surface area (Å²) in [6, 6.07) is 0. The summed E-state index contributed by atoms with van der Waals surface area (Å²) in [5.74, 6) is 0. The fourth-order valence-electron chi connectivity index (χ4n) is 1.37. The second-order valence-corrected chi connectivity index (χ2v) is 4.32. The molecular weight excluding hydrogens is 288 g/mol. The van der Waals surface area contributed by atoms with Crippen LogP contribution in [0.3, 0.4) is 0 Å². The van der Waals surface area contributed by atoms with Gasteiger partial charge in [0.15, 0.2) is 0 Å². The van der Waals surface area contributed by atoms with E-state index >= 15 is 0 Å². The zero-order chi connectivity index (χ0) is 15.6. The molecule has 0 aliphatic carbocycles. The number of ether oxygens (including phenoxy) is 2. The predicted octanol–water partition coefficient (Wildman–Crippen LogP) is 1.47. The van der Waals surface area contributed by atoms with Crippen molar-refractivity contribution in [3.05, 3.63) is 0 Å². The minimum atomic E-state index is -1.42. The number of unbranched alkanes of at least 4 members (excludes halogenated alkanes) is 6. The molecule has 0 atom stereocenters. The summed E-state index contributed by atoms with van der Waals surface area (Å²) in [7, 11) is 0. The molecule has 0 aliphatic heterocycles. The maximum Gasteiger partial charge on any atom is 2.00 e. The van der Waals surface area contributed by atoms with Crippen molar-refractivity contribution in [3.63, 3.8) is 0 Å². The molecule has 0 rings (SSSR count). The summed E-state index contributed by atoms with van der Waals surface area (Å²) in [5, 5.41) is 19.4. The summed E-state index contributed by atoms with van der Waals surface area (Å²) in [4.78, 5) is 19.4. The Morgan fingerprint density at radius 2 is 1.05 bits per heavy atom. The second-order valence-electron chi connectivity index (χ2n) is 4.32. The van der Waals surface area contributed by atoms with Gasteiger partial charge in [-0.15, -0.1) is 0 Å². The summed E-state index contributed by atoms with van der Waals surface area (Å²) in [5.41, 5.74) is 0. The quantitative estimate of drug-likeness (QED) is 0.344. The molecule has 0 bridgehead atoms. The van der Waals surface area contributed by atoms with Crippen LogP contribution in [-0.4, -0.2) is 48.6 Å². The predicted molar refractivity (Wildman–Crippen MR) is 76.7 cm³/mol. The minimum Gasteiger partial charge on any atom is -0.550 e. The number of hydrogen-bond acceptors (Lipinski definition) is 6. The third-order valence-corrected chi connectivity index (χ3v) is 2.44. The molecule has 0 heterocycles. The number of rotatable bonds is 10. The van der Waals surface area contributed by atoms with E-state index in [1.807, 2.05) is 0 Å². The first-order valence-electron chi connectivity index (χ1n) is 7.22. The van der Waals surface area contributed by atoms with Gasteiger partial charge in [0.2, 0.25) is 0 Å². The van der Waals surface area contributed by atoms with Crippen molar-refractivity contribution in [2.24, 2.45) is 0 Å². The van der Waals surface area contributed by atoms with Crippen LogP contribution in [0.4, 0.5) is 9.59 Å². The van der Waals surface area contributed by atoms with Crippen LogP contribution in [0.25, 0.3) is 0 Å². The third kappa shape index (κ3) is 32.7. The topological polar surface area (TPSA) is 98.7 Å². The van der Waals surface area contributed by atoms with Gasteiger partial charge in [0.05, 0.1) is 0 Å². The Balaban J connectivity index is -0.000000295. The monoisotopic (exact) mass is 314 g/mol. The molecular formula is C14H26MgO6. The maximum absolute atomic E-state index is 9.70. The zero-order valence-electron chi connectivity index (χ0n) is 13.2. The molecule has 0 unspecified atom stereocenters. The van der Waals surface area contributed by atoms with E-state index < -0.39 is 12.3 Å². The van der Waals surface area contributed by atoms with Crippen molar-refractivity contribution in [2.45, 2.75) is 65.2 Å². The van der Waals surface area contributed by atoms with E-state index in [4.69, 9.17) is 0 Å². The van der Waals surface area contributed by atoms with Crippen molar-refractivity contribution in [1.82, 2.24) is 0 Å². The van der Waals surface area contributed by atoms with Crippen molar-refractivity contribution >= 4 is 35.4 Å². The van der Waals surface area contributed by atoms with Crippen LogP contribution < -0.4 is 10.2 Å². The summed E-state index contributed by atoms with van der Waals surface area (Å²) in [6.07, 6.45) is 5.40.